The van der Waals surface area contributed by atoms with E-state index in [4.69, 9.17) is 9.47 Å². The second-order valence-electron chi connectivity index (χ2n) is 6.54. The van der Waals surface area contributed by atoms with Gasteiger partial charge in [0.25, 0.3) is 0 Å². The van der Waals surface area contributed by atoms with Crippen LogP contribution in [-0.2, 0) is 27.4 Å². The van der Waals surface area contributed by atoms with Gasteiger partial charge in [0.05, 0.1) is 6.61 Å². The van der Waals surface area contributed by atoms with E-state index < -0.39 is 12.1 Å². The number of aromatic nitrogens is 2. The molecule has 2 amide bonds. The van der Waals surface area contributed by atoms with Gasteiger partial charge in [-0.1, -0.05) is 42.1 Å². The minimum Gasteiger partial charge on any atom is -0.445 e. The van der Waals surface area contributed by atoms with Crippen LogP contribution in [0.25, 0.3) is 0 Å². The minimum absolute atomic E-state index is 0.109. The molecule has 2 heterocycles. The number of carbonyl (C=O) groups is 2. The fourth-order valence-corrected chi connectivity index (χ4v) is 3.40. The maximum Gasteiger partial charge on any atom is 0.410 e. The van der Waals surface area contributed by atoms with Crippen LogP contribution in [0.2, 0.25) is 0 Å². The molecule has 0 saturated carbocycles. The Bertz CT molecular complexity index is 819. The van der Waals surface area contributed by atoms with Crippen LogP contribution in [0.15, 0.2) is 47.9 Å². The summed E-state index contributed by atoms with van der Waals surface area (Å²) < 4.78 is 10.6. The van der Waals surface area contributed by atoms with Crippen LogP contribution in [0.1, 0.15) is 11.1 Å². The monoisotopic (exact) mass is 416 g/mol. The molecule has 1 fully saturated rings. The molecule has 1 aromatic heterocycles. The predicted octanol–water partition coefficient (Wildman–Crippen LogP) is 2.19. The molecule has 1 aromatic carbocycles. The van der Waals surface area contributed by atoms with E-state index in [1.54, 1.807) is 17.3 Å². The van der Waals surface area contributed by atoms with E-state index in [1.165, 1.54) is 23.8 Å². The predicted molar refractivity (Wildman–Crippen MR) is 108 cm³/mol. The number of thioether (sulfide) groups is 1. The summed E-state index contributed by atoms with van der Waals surface area (Å²) in [5, 5.41) is 0.684. The fraction of sp³-hybridized carbons (Fsp3) is 0.400. The highest BCUT2D eigenvalue weighted by atomic mass is 32.2. The number of hydrogen-bond donors (Lipinski definition) is 0. The zero-order valence-electron chi connectivity index (χ0n) is 16.5. The van der Waals surface area contributed by atoms with Crippen molar-refractivity contribution in [3.05, 3.63) is 53.9 Å². The number of piperazine rings is 1. The first-order chi connectivity index (χ1) is 14.1. The average Bonchev–Trinajstić information content (AvgIpc) is 2.76. The summed E-state index contributed by atoms with van der Waals surface area (Å²) in [6.07, 6.45) is 4.83. The number of hydrogen-bond acceptors (Lipinski definition) is 7. The summed E-state index contributed by atoms with van der Waals surface area (Å²) in [6, 6.07) is 8.71. The summed E-state index contributed by atoms with van der Waals surface area (Å²) >= 11 is 1.46. The van der Waals surface area contributed by atoms with Gasteiger partial charge in [0.2, 0.25) is 5.91 Å². The van der Waals surface area contributed by atoms with Crippen LogP contribution >= 0.6 is 11.8 Å². The van der Waals surface area contributed by atoms with Gasteiger partial charge in [0.1, 0.15) is 12.6 Å². The Morgan fingerprint density at radius 2 is 1.90 bits per heavy atom. The molecule has 1 aliphatic rings. The standard InChI is InChI=1S/C20H24N4O4S/c1-27-14-17-18(25)23(12-16-10-21-19(29-2)22-11-16)8-9-24(17)20(26)28-13-15-6-4-3-5-7-15/h3-7,10-11,17H,8-9,12-14H2,1-2H3/t17-/m0/s1. The highest BCUT2D eigenvalue weighted by Crippen LogP contribution is 2.17. The summed E-state index contributed by atoms with van der Waals surface area (Å²) in [7, 11) is 1.51. The SMILES string of the molecule is COC[C@H]1C(=O)N(Cc2cnc(SC)nc2)CCN1C(=O)OCc1ccccc1. The van der Waals surface area contributed by atoms with Crippen molar-refractivity contribution in [3.8, 4) is 0 Å². The normalized spacial score (nSPS) is 16.8. The van der Waals surface area contributed by atoms with Gasteiger partial charge in [0.15, 0.2) is 5.16 Å². The lowest BCUT2D eigenvalue weighted by molar-refractivity contribution is -0.143. The Morgan fingerprint density at radius 1 is 1.17 bits per heavy atom. The molecular formula is C20H24N4O4S. The number of methoxy groups -OCH3 is 1. The third kappa shape index (κ3) is 5.45. The summed E-state index contributed by atoms with van der Waals surface area (Å²) in [4.78, 5) is 37.2. The third-order valence-electron chi connectivity index (χ3n) is 4.59. The van der Waals surface area contributed by atoms with Crippen molar-refractivity contribution in [1.82, 2.24) is 19.8 Å². The van der Waals surface area contributed by atoms with Gasteiger partial charge in [-0.15, -0.1) is 0 Å². The van der Waals surface area contributed by atoms with Crippen molar-refractivity contribution >= 4 is 23.8 Å². The number of benzene rings is 1. The smallest absolute Gasteiger partial charge is 0.410 e. The highest BCUT2D eigenvalue weighted by molar-refractivity contribution is 7.98. The number of rotatable bonds is 7. The van der Waals surface area contributed by atoms with Gasteiger partial charge in [-0.3, -0.25) is 9.69 Å². The van der Waals surface area contributed by atoms with E-state index in [0.29, 0.717) is 24.8 Å². The Hall–Kier alpha value is -2.65. The maximum atomic E-state index is 13.0. The molecule has 0 N–H and O–H groups in total. The average molecular weight is 417 g/mol. The van der Waals surface area contributed by atoms with E-state index in [0.717, 1.165) is 11.1 Å². The molecule has 1 aliphatic heterocycles. The molecule has 1 atom stereocenters. The molecule has 0 radical (unpaired) electrons. The first kappa shape index (κ1) is 21.1. The molecule has 1 saturated heterocycles. The third-order valence-corrected chi connectivity index (χ3v) is 5.16. The molecular weight excluding hydrogens is 392 g/mol. The van der Waals surface area contributed by atoms with Gasteiger partial charge >= 0.3 is 6.09 Å². The molecule has 0 spiro atoms. The van der Waals surface area contributed by atoms with E-state index in [-0.39, 0.29) is 19.1 Å². The topological polar surface area (TPSA) is 84.9 Å². The van der Waals surface area contributed by atoms with Crippen LogP contribution in [-0.4, -0.2) is 70.9 Å². The second kappa shape index (κ2) is 10.2. The van der Waals surface area contributed by atoms with E-state index >= 15 is 0 Å². The Morgan fingerprint density at radius 3 is 2.55 bits per heavy atom. The molecule has 8 nitrogen and oxygen atoms in total. The number of ether oxygens (including phenoxy) is 2. The van der Waals surface area contributed by atoms with Crippen LogP contribution in [0, 0.1) is 0 Å². The summed E-state index contributed by atoms with van der Waals surface area (Å²) in [6.45, 7) is 1.44. The van der Waals surface area contributed by atoms with Gasteiger partial charge < -0.3 is 14.4 Å². The number of carbonyl (C=O) groups excluding carboxylic acids is 2. The fourth-order valence-electron chi connectivity index (χ4n) is 3.09. The minimum atomic E-state index is -0.719. The molecule has 29 heavy (non-hydrogen) atoms. The second-order valence-corrected chi connectivity index (χ2v) is 7.32. The van der Waals surface area contributed by atoms with E-state index in [1.807, 2.05) is 36.6 Å². The molecule has 154 valence electrons. The lowest BCUT2D eigenvalue weighted by Gasteiger charge is -2.39. The van der Waals surface area contributed by atoms with Gasteiger partial charge in [-0.05, 0) is 11.8 Å². The van der Waals surface area contributed by atoms with Crippen LogP contribution in [0.3, 0.4) is 0 Å². The Balaban J connectivity index is 1.63. The number of amides is 2. The zero-order chi connectivity index (χ0) is 20.6. The highest BCUT2D eigenvalue weighted by Gasteiger charge is 2.38. The van der Waals surface area contributed by atoms with E-state index in [9.17, 15) is 9.59 Å². The first-order valence-electron chi connectivity index (χ1n) is 9.22. The zero-order valence-corrected chi connectivity index (χ0v) is 17.3. The molecule has 0 bridgehead atoms. The van der Waals surface area contributed by atoms with Gasteiger partial charge in [-0.2, -0.15) is 0 Å². The van der Waals surface area contributed by atoms with Crippen molar-refractivity contribution in [1.29, 1.82) is 0 Å². The van der Waals surface area contributed by atoms with Gasteiger partial charge in [0, 0.05) is 44.7 Å². The molecule has 0 aliphatic carbocycles. The van der Waals surface area contributed by atoms with Crippen LogP contribution in [0.4, 0.5) is 4.79 Å². The Kier molecular flexibility index (Phi) is 7.42. The molecule has 0 unspecified atom stereocenters. The summed E-state index contributed by atoms with van der Waals surface area (Å²) in [5.74, 6) is -0.177. The number of nitrogens with zero attached hydrogens (tertiary/aromatic N) is 4. The first-order valence-corrected chi connectivity index (χ1v) is 10.4. The van der Waals surface area contributed by atoms with Crippen molar-refractivity contribution in [2.45, 2.75) is 24.3 Å². The molecule has 3 rings (SSSR count). The Labute approximate surface area is 174 Å². The largest absolute Gasteiger partial charge is 0.445 e. The quantitative estimate of drug-likeness (QED) is 0.505. The maximum absolute atomic E-state index is 13.0. The van der Waals surface area contributed by atoms with Crippen molar-refractivity contribution < 1.29 is 19.1 Å². The molecule has 2 aromatic rings. The van der Waals surface area contributed by atoms with Crippen molar-refractivity contribution in [2.24, 2.45) is 0 Å². The lowest BCUT2D eigenvalue weighted by Crippen LogP contribution is -2.60. The molecule has 9 heteroatoms. The van der Waals surface area contributed by atoms with Crippen LogP contribution < -0.4 is 0 Å². The van der Waals surface area contributed by atoms with Crippen molar-refractivity contribution in [2.75, 3.05) is 33.1 Å². The summed E-state index contributed by atoms with van der Waals surface area (Å²) in [5.41, 5.74) is 1.73. The van der Waals surface area contributed by atoms with E-state index in [2.05, 4.69) is 9.97 Å². The van der Waals surface area contributed by atoms with Gasteiger partial charge in [-0.25, -0.2) is 14.8 Å². The lowest BCUT2D eigenvalue weighted by atomic mass is 10.1. The van der Waals surface area contributed by atoms with Crippen molar-refractivity contribution in [3.63, 3.8) is 0 Å². The van der Waals surface area contributed by atoms with Crippen LogP contribution in [0.5, 0.6) is 0 Å².